The zero-order chi connectivity index (χ0) is 16.9. The third-order valence-corrected chi connectivity index (χ3v) is 4.65. The molecule has 0 unspecified atom stereocenters. The average Bonchev–Trinajstić information content (AvgIpc) is 3.06. The Kier molecular flexibility index (Phi) is 4.96. The number of nitrogens with zero attached hydrogens (tertiary/aromatic N) is 4. The average molecular weight is 342 g/mol. The summed E-state index contributed by atoms with van der Waals surface area (Å²) in [5.74, 6) is 3.91. The maximum Gasteiger partial charge on any atom is 0.253 e. The molecule has 0 spiro atoms. The molecule has 1 aliphatic rings. The molecule has 0 aliphatic carbocycles. The van der Waals surface area contributed by atoms with Gasteiger partial charge in [0.1, 0.15) is 18.2 Å². The Balaban J connectivity index is 1.57. The van der Waals surface area contributed by atoms with Crippen LogP contribution in [0.15, 0.2) is 24.3 Å². The lowest BCUT2D eigenvalue weighted by Crippen LogP contribution is -2.48. The highest BCUT2D eigenvalue weighted by Gasteiger charge is 2.23. The molecule has 3 rings (SSSR count). The standard InChI is InChI=1S/C17H18N4O2S/c1-3-12-23-15-6-4-14(5-7-15)16(22)20-8-10-21(11-9-20)17-18-13(2)19-24-17/h1,4-7H,8-12H2,2H3. The number of aryl methyl sites for hydroxylation is 1. The second-order valence-electron chi connectivity index (χ2n) is 5.42. The predicted octanol–water partition coefficient (Wildman–Crippen LogP) is 1.82. The summed E-state index contributed by atoms with van der Waals surface area (Å²) < 4.78 is 9.53. The van der Waals surface area contributed by atoms with Crippen LogP contribution in [0.4, 0.5) is 5.13 Å². The van der Waals surface area contributed by atoms with Crippen molar-refractivity contribution in [2.75, 3.05) is 37.7 Å². The first-order valence-corrected chi connectivity index (χ1v) is 8.45. The third-order valence-electron chi connectivity index (χ3n) is 3.78. The zero-order valence-electron chi connectivity index (χ0n) is 13.4. The van der Waals surface area contributed by atoms with Gasteiger partial charge in [-0.15, -0.1) is 6.42 Å². The molecule has 1 aromatic carbocycles. The molecule has 2 heterocycles. The van der Waals surface area contributed by atoms with Crippen molar-refractivity contribution >= 4 is 22.6 Å². The van der Waals surface area contributed by atoms with Gasteiger partial charge in [0.15, 0.2) is 0 Å². The van der Waals surface area contributed by atoms with Gasteiger partial charge in [-0.2, -0.15) is 4.37 Å². The number of ether oxygens (including phenoxy) is 1. The SMILES string of the molecule is C#CCOc1ccc(C(=O)N2CCN(c3nc(C)ns3)CC2)cc1. The number of amides is 1. The van der Waals surface area contributed by atoms with Crippen LogP contribution in [0.2, 0.25) is 0 Å². The maximum absolute atomic E-state index is 12.6. The van der Waals surface area contributed by atoms with Crippen molar-refractivity contribution in [2.45, 2.75) is 6.92 Å². The largest absolute Gasteiger partial charge is 0.481 e. The smallest absolute Gasteiger partial charge is 0.253 e. The molecule has 1 aromatic heterocycles. The van der Waals surface area contributed by atoms with Crippen molar-refractivity contribution in [1.29, 1.82) is 0 Å². The van der Waals surface area contributed by atoms with E-state index < -0.39 is 0 Å². The Morgan fingerprint density at radius 2 is 2.00 bits per heavy atom. The molecular weight excluding hydrogens is 324 g/mol. The first-order valence-electron chi connectivity index (χ1n) is 7.68. The second-order valence-corrected chi connectivity index (χ2v) is 6.15. The van der Waals surface area contributed by atoms with E-state index in [1.54, 1.807) is 24.3 Å². The highest BCUT2D eigenvalue weighted by atomic mass is 32.1. The summed E-state index contributed by atoms with van der Waals surface area (Å²) in [6.45, 7) is 4.99. The molecule has 0 radical (unpaired) electrons. The van der Waals surface area contributed by atoms with E-state index >= 15 is 0 Å². The van der Waals surface area contributed by atoms with E-state index in [2.05, 4.69) is 20.2 Å². The van der Waals surface area contributed by atoms with Gasteiger partial charge in [-0.1, -0.05) is 5.92 Å². The molecule has 2 aromatic rings. The van der Waals surface area contributed by atoms with Crippen molar-refractivity contribution in [1.82, 2.24) is 14.3 Å². The first kappa shape index (κ1) is 16.3. The summed E-state index contributed by atoms with van der Waals surface area (Å²) in [6.07, 6.45) is 5.16. The fourth-order valence-corrected chi connectivity index (χ4v) is 3.24. The van der Waals surface area contributed by atoms with E-state index in [4.69, 9.17) is 11.2 Å². The monoisotopic (exact) mass is 342 g/mol. The number of terminal acetylenes is 1. The van der Waals surface area contributed by atoms with Gasteiger partial charge in [0.2, 0.25) is 5.13 Å². The summed E-state index contributed by atoms with van der Waals surface area (Å²) in [7, 11) is 0. The van der Waals surface area contributed by atoms with Crippen LogP contribution in [-0.2, 0) is 0 Å². The van der Waals surface area contributed by atoms with Gasteiger partial charge in [-0.3, -0.25) is 4.79 Å². The number of carbonyl (C=O) groups is 1. The van der Waals surface area contributed by atoms with E-state index in [0.29, 0.717) is 24.4 Å². The molecule has 7 heteroatoms. The van der Waals surface area contributed by atoms with Crippen LogP contribution < -0.4 is 9.64 Å². The molecule has 0 atom stereocenters. The highest BCUT2D eigenvalue weighted by molar-refractivity contribution is 7.09. The normalized spacial score (nSPS) is 14.3. The van der Waals surface area contributed by atoms with E-state index in [9.17, 15) is 4.79 Å². The molecule has 0 saturated carbocycles. The molecule has 0 bridgehead atoms. The van der Waals surface area contributed by atoms with Gasteiger partial charge in [0, 0.05) is 43.3 Å². The van der Waals surface area contributed by atoms with Crippen LogP contribution in [0, 0.1) is 19.3 Å². The van der Waals surface area contributed by atoms with E-state index in [0.717, 1.165) is 24.0 Å². The van der Waals surface area contributed by atoms with Gasteiger partial charge in [-0.05, 0) is 31.2 Å². The molecule has 124 valence electrons. The first-order chi connectivity index (χ1) is 11.7. The molecule has 6 nitrogen and oxygen atoms in total. The molecular formula is C17H18N4O2S. The van der Waals surface area contributed by atoms with Crippen LogP contribution in [0.5, 0.6) is 5.75 Å². The Bertz CT molecular complexity index is 743. The number of anilines is 1. The van der Waals surface area contributed by atoms with Crippen molar-refractivity contribution in [3.8, 4) is 18.1 Å². The van der Waals surface area contributed by atoms with Gasteiger partial charge >= 0.3 is 0 Å². The number of piperazine rings is 1. The van der Waals surface area contributed by atoms with Gasteiger partial charge in [-0.25, -0.2) is 4.98 Å². The molecule has 1 saturated heterocycles. The number of hydrogen-bond donors (Lipinski definition) is 0. The number of carbonyl (C=O) groups excluding carboxylic acids is 1. The minimum Gasteiger partial charge on any atom is -0.481 e. The van der Waals surface area contributed by atoms with Crippen LogP contribution in [0.1, 0.15) is 16.2 Å². The van der Waals surface area contributed by atoms with Gasteiger partial charge in [0.25, 0.3) is 5.91 Å². The Labute approximate surface area is 145 Å². The summed E-state index contributed by atoms with van der Waals surface area (Å²) in [5.41, 5.74) is 0.656. The van der Waals surface area contributed by atoms with Crippen molar-refractivity contribution in [2.24, 2.45) is 0 Å². The maximum atomic E-state index is 12.6. The minimum absolute atomic E-state index is 0.0339. The zero-order valence-corrected chi connectivity index (χ0v) is 14.3. The lowest BCUT2D eigenvalue weighted by molar-refractivity contribution is 0.0746. The number of aromatic nitrogens is 2. The lowest BCUT2D eigenvalue weighted by atomic mass is 10.1. The van der Waals surface area contributed by atoms with Crippen LogP contribution in [0.3, 0.4) is 0 Å². The predicted molar refractivity (Wildman–Crippen MR) is 93.5 cm³/mol. The van der Waals surface area contributed by atoms with Gasteiger partial charge in [0.05, 0.1) is 0 Å². The van der Waals surface area contributed by atoms with Crippen molar-refractivity contribution in [3.05, 3.63) is 35.7 Å². The molecule has 0 N–H and O–H groups in total. The van der Waals surface area contributed by atoms with Crippen molar-refractivity contribution < 1.29 is 9.53 Å². The van der Waals surface area contributed by atoms with E-state index in [-0.39, 0.29) is 12.5 Å². The fourth-order valence-electron chi connectivity index (χ4n) is 2.52. The lowest BCUT2D eigenvalue weighted by Gasteiger charge is -2.34. The Morgan fingerprint density at radius 1 is 1.29 bits per heavy atom. The summed E-state index contributed by atoms with van der Waals surface area (Å²) in [4.78, 5) is 21.0. The second kappa shape index (κ2) is 7.32. The molecule has 24 heavy (non-hydrogen) atoms. The number of benzene rings is 1. The van der Waals surface area contributed by atoms with E-state index in [1.807, 2.05) is 11.8 Å². The summed E-state index contributed by atoms with van der Waals surface area (Å²) in [6, 6.07) is 7.08. The molecule has 1 amide bonds. The molecule has 1 aliphatic heterocycles. The summed E-state index contributed by atoms with van der Waals surface area (Å²) >= 11 is 1.40. The Morgan fingerprint density at radius 3 is 2.58 bits per heavy atom. The highest BCUT2D eigenvalue weighted by Crippen LogP contribution is 2.20. The number of hydrogen-bond acceptors (Lipinski definition) is 6. The van der Waals surface area contributed by atoms with Gasteiger partial charge < -0.3 is 14.5 Å². The van der Waals surface area contributed by atoms with Crippen LogP contribution in [0.25, 0.3) is 0 Å². The quantitative estimate of drug-likeness (QED) is 0.794. The topological polar surface area (TPSA) is 58.6 Å². The van der Waals surface area contributed by atoms with Crippen LogP contribution in [-0.4, -0.2) is 53.0 Å². The van der Waals surface area contributed by atoms with Crippen molar-refractivity contribution in [3.63, 3.8) is 0 Å². The minimum atomic E-state index is 0.0339. The van der Waals surface area contributed by atoms with Crippen LogP contribution >= 0.6 is 11.5 Å². The summed E-state index contributed by atoms with van der Waals surface area (Å²) in [5, 5.41) is 0.926. The Hall–Kier alpha value is -2.59. The molecule has 1 fully saturated rings. The third kappa shape index (κ3) is 3.66. The van der Waals surface area contributed by atoms with E-state index in [1.165, 1.54) is 11.5 Å². The fraction of sp³-hybridized carbons (Fsp3) is 0.353. The number of rotatable bonds is 4.